The number of likely N-dealkylation sites (N-methyl/N-ethyl adjacent to an activating group) is 1. The molecule has 2 aromatic heterocycles. The Morgan fingerprint density at radius 3 is 3.00 bits per heavy atom. The Balaban J connectivity index is 1.84. The summed E-state index contributed by atoms with van der Waals surface area (Å²) in [5, 5.41) is 7.90. The van der Waals surface area contributed by atoms with Gasteiger partial charge in [-0.05, 0) is 32.9 Å². The van der Waals surface area contributed by atoms with E-state index in [0.29, 0.717) is 12.4 Å². The van der Waals surface area contributed by atoms with Crippen LogP contribution in [0.15, 0.2) is 12.4 Å². The van der Waals surface area contributed by atoms with Crippen molar-refractivity contribution in [3.63, 3.8) is 0 Å². The first-order chi connectivity index (χ1) is 11.5. The van der Waals surface area contributed by atoms with Crippen molar-refractivity contribution in [2.75, 3.05) is 33.1 Å². The zero-order chi connectivity index (χ0) is 17.2. The van der Waals surface area contributed by atoms with Gasteiger partial charge in [0.2, 0.25) is 0 Å². The zero-order valence-electron chi connectivity index (χ0n) is 15.1. The molecule has 0 radical (unpaired) electrons. The number of rotatable bonds is 6. The highest BCUT2D eigenvalue weighted by Crippen LogP contribution is 2.35. The smallest absolute Gasteiger partial charge is 0.254 e. The van der Waals surface area contributed by atoms with Crippen LogP contribution in [0.1, 0.15) is 38.3 Å². The number of ether oxygens (including phenoxy) is 1. The lowest BCUT2D eigenvalue weighted by Gasteiger charge is -2.45. The minimum absolute atomic E-state index is 0.176. The highest BCUT2D eigenvalue weighted by atomic mass is 16.5. The van der Waals surface area contributed by atoms with Crippen molar-refractivity contribution in [3.05, 3.63) is 18.1 Å². The zero-order valence-corrected chi connectivity index (χ0v) is 15.1. The molecule has 0 aromatic carbocycles. The van der Waals surface area contributed by atoms with E-state index in [1.165, 1.54) is 32.0 Å². The van der Waals surface area contributed by atoms with Crippen LogP contribution in [0.2, 0.25) is 0 Å². The third-order valence-corrected chi connectivity index (χ3v) is 5.21. The lowest BCUT2D eigenvalue weighted by molar-refractivity contribution is 0.0881. The molecule has 2 aromatic rings. The van der Waals surface area contributed by atoms with Gasteiger partial charge >= 0.3 is 0 Å². The van der Waals surface area contributed by atoms with Crippen molar-refractivity contribution in [2.45, 2.75) is 44.8 Å². The van der Waals surface area contributed by atoms with Gasteiger partial charge in [0.25, 0.3) is 5.78 Å². The van der Waals surface area contributed by atoms with Gasteiger partial charge < -0.3 is 15.0 Å². The Morgan fingerprint density at radius 1 is 1.46 bits per heavy atom. The Hall–Kier alpha value is -1.73. The van der Waals surface area contributed by atoms with E-state index in [9.17, 15) is 0 Å². The monoisotopic (exact) mass is 332 g/mol. The van der Waals surface area contributed by atoms with Gasteiger partial charge in [0.05, 0.1) is 12.3 Å². The fourth-order valence-corrected chi connectivity index (χ4v) is 3.82. The standard InChI is InChI=1S/C17H28N6O/c1-13-6-5-7-17(9-13,22(2)3)11-18-15-8-14(10-24-4)21-16-19-12-20-23(15)16/h8,12-13,18H,5-7,9-11H2,1-4H3. The number of nitrogens with zero attached hydrogens (tertiary/aromatic N) is 5. The largest absolute Gasteiger partial charge is 0.378 e. The summed E-state index contributed by atoms with van der Waals surface area (Å²) in [5.41, 5.74) is 1.03. The fraction of sp³-hybridized carbons (Fsp3) is 0.706. The summed E-state index contributed by atoms with van der Waals surface area (Å²) < 4.78 is 6.98. The first kappa shape index (κ1) is 17.1. The number of methoxy groups -OCH3 is 1. The van der Waals surface area contributed by atoms with Crippen molar-refractivity contribution in [1.29, 1.82) is 0 Å². The Kier molecular flexibility index (Phi) is 5.01. The van der Waals surface area contributed by atoms with E-state index in [1.54, 1.807) is 11.6 Å². The maximum Gasteiger partial charge on any atom is 0.254 e. The van der Waals surface area contributed by atoms with Gasteiger partial charge in [-0.3, -0.25) is 0 Å². The molecule has 2 unspecified atom stereocenters. The molecule has 0 bridgehead atoms. The summed E-state index contributed by atoms with van der Waals surface area (Å²) in [6.45, 7) is 3.71. The molecule has 1 aliphatic rings. The Bertz CT molecular complexity index is 685. The van der Waals surface area contributed by atoms with Crippen LogP contribution in [-0.4, -0.2) is 57.8 Å². The molecule has 1 fully saturated rings. The Morgan fingerprint density at radius 2 is 2.29 bits per heavy atom. The molecule has 0 amide bonds. The average molecular weight is 332 g/mol. The van der Waals surface area contributed by atoms with Crippen LogP contribution in [0.25, 0.3) is 5.78 Å². The minimum atomic E-state index is 0.176. The predicted molar refractivity (Wildman–Crippen MR) is 94.0 cm³/mol. The van der Waals surface area contributed by atoms with E-state index in [4.69, 9.17) is 4.74 Å². The molecule has 2 atom stereocenters. The third kappa shape index (κ3) is 3.37. The number of fused-ring (bicyclic) bond motifs is 1. The normalized spacial score (nSPS) is 24.6. The van der Waals surface area contributed by atoms with E-state index in [0.717, 1.165) is 24.0 Å². The lowest BCUT2D eigenvalue weighted by atomic mass is 9.75. The number of hydrogen-bond donors (Lipinski definition) is 1. The van der Waals surface area contributed by atoms with Gasteiger partial charge in [-0.25, -0.2) is 4.98 Å². The van der Waals surface area contributed by atoms with Crippen molar-refractivity contribution >= 4 is 11.6 Å². The van der Waals surface area contributed by atoms with Crippen LogP contribution in [0.3, 0.4) is 0 Å². The van der Waals surface area contributed by atoms with Gasteiger partial charge in [0.1, 0.15) is 12.1 Å². The summed E-state index contributed by atoms with van der Waals surface area (Å²) >= 11 is 0. The van der Waals surface area contributed by atoms with Gasteiger partial charge in [0, 0.05) is 25.3 Å². The second-order valence-corrected chi connectivity index (χ2v) is 7.21. The van der Waals surface area contributed by atoms with Gasteiger partial charge in [-0.1, -0.05) is 19.8 Å². The molecule has 24 heavy (non-hydrogen) atoms. The highest BCUT2D eigenvalue weighted by molar-refractivity contribution is 5.45. The predicted octanol–water partition coefficient (Wildman–Crippen LogP) is 2.19. The summed E-state index contributed by atoms with van der Waals surface area (Å²) in [7, 11) is 6.05. The highest BCUT2D eigenvalue weighted by Gasteiger charge is 2.36. The summed E-state index contributed by atoms with van der Waals surface area (Å²) in [6, 6.07) is 2.00. The maximum absolute atomic E-state index is 5.22. The molecule has 1 N–H and O–H groups in total. The molecule has 7 heteroatoms. The molecule has 1 aliphatic carbocycles. The first-order valence-electron chi connectivity index (χ1n) is 8.64. The summed E-state index contributed by atoms with van der Waals surface area (Å²) in [6.07, 6.45) is 6.58. The summed E-state index contributed by atoms with van der Waals surface area (Å²) in [4.78, 5) is 11.1. The molecule has 3 rings (SSSR count). The second-order valence-electron chi connectivity index (χ2n) is 7.21. The second kappa shape index (κ2) is 7.03. The van der Waals surface area contributed by atoms with Crippen LogP contribution < -0.4 is 5.32 Å². The average Bonchev–Trinajstić information content (AvgIpc) is 3.01. The number of aromatic nitrogens is 4. The fourth-order valence-electron chi connectivity index (χ4n) is 3.82. The van der Waals surface area contributed by atoms with E-state index in [2.05, 4.69) is 46.3 Å². The van der Waals surface area contributed by atoms with Crippen LogP contribution in [0, 0.1) is 5.92 Å². The molecule has 132 valence electrons. The van der Waals surface area contributed by atoms with Crippen LogP contribution in [-0.2, 0) is 11.3 Å². The molecule has 1 saturated carbocycles. The van der Waals surface area contributed by atoms with Crippen LogP contribution in [0.4, 0.5) is 5.82 Å². The van der Waals surface area contributed by atoms with Crippen LogP contribution in [0.5, 0.6) is 0 Å². The third-order valence-electron chi connectivity index (χ3n) is 5.21. The summed E-state index contributed by atoms with van der Waals surface area (Å²) in [5.74, 6) is 2.28. The molecule has 7 nitrogen and oxygen atoms in total. The number of anilines is 1. The minimum Gasteiger partial charge on any atom is -0.378 e. The first-order valence-corrected chi connectivity index (χ1v) is 8.64. The van der Waals surface area contributed by atoms with Crippen molar-refractivity contribution in [2.24, 2.45) is 5.92 Å². The molecule has 0 aliphatic heterocycles. The Labute approximate surface area is 143 Å². The number of hydrogen-bond acceptors (Lipinski definition) is 6. The van der Waals surface area contributed by atoms with Crippen LogP contribution >= 0.6 is 0 Å². The molecule has 0 saturated heterocycles. The van der Waals surface area contributed by atoms with E-state index in [-0.39, 0.29) is 5.54 Å². The number of nitrogens with one attached hydrogen (secondary N) is 1. The molecular weight excluding hydrogens is 304 g/mol. The van der Waals surface area contributed by atoms with Gasteiger partial charge in [0.15, 0.2) is 0 Å². The molecular formula is C17H28N6O. The van der Waals surface area contributed by atoms with E-state index in [1.807, 2.05) is 6.07 Å². The molecule has 0 spiro atoms. The maximum atomic E-state index is 5.22. The van der Waals surface area contributed by atoms with Crippen molar-refractivity contribution in [1.82, 2.24) is 24.5 Å². The quantitative estimate of drug-likeness (QED) is 0.875. The topological polar surface area (TPSA) is 67.6 Å². The van der Waals surface area contributed by atoms with Gasteiger partial charge in [-0.15, -0.1) is 0 Å². The molecule has 2 heterocycles. The van der Waals surface area contributed by atoms with Gasteiger partial charge in [-0.2, -0.15) is 14.6 Å². The van der Waals surface area contributed by atoms with E-state index >= 15 is 0 Å². The van der Waals surface area contributed by atoms with Crippen molar-refractivity contribution < 1.29 is 4.74 Å². The van der Waals surface area contributed by atoms with Crippen molar-refractivity contribution in [3.8, 4) is 0 Å². The lowest BCUT2D eigenvalue weighted by Crippen LogP contribution is -2.52. The van der Waals surface area contributed by atoms with E-state index < -0.39 is 0 Å². The SMILES string of the molecule is COCc1cc(NCC2(N(C)C)CCCC(C)C2)n2ncnc2n1.